The molecule has 0 aliphatic carbocycles. The van der Waals surface area contributed by atoms with E-state index in [1.165, 1.54) is 11.6 Å². The van der Waals surface area contributed by atoms with Crippen molar-refractivity contribution in [2.24, 2.45) is 68.8 Å². The van der Waals surface area contributed by atoms with E-state index < -0.39 is 11.7 Å². The van der Waals surface area contributed by atoms with Crippen LogP contribution in [0, 0.1) is 6.92 Å². The number of ether oxygens (including phenoxy) is 12. The molecular formula is C108H143F3N12O12. The molecule has 0 aliphatic rings. The number of rotatable bonds is 56. The molecule has 0 heterocycles. The third-order valence-corrected chi connectivity index (χ3v) is 21.2. The molecule has 0 atom stereocenters. The van der Waals surface area contributed by atoms with Crippen LogP contribution in [0.3, 0.4) is 0 Å². The highest BCUT2D eigenvalue weighted by molar-refractivity contribution is 5.85. The molecule has 11 rings (SSSR count). The van der Waals surface area contributed by atoms with Crippen LogP contribution < -0.4 is 126 Å². The molecule has 0 amide bonds. The fourth-order valence-corrected chi connectivity index (χ4v) is 14.1. The normalized spacial score (nSPS) is 11.3. The summed E-state index contributed by atoms with van der Waals surface area (Å²) >= 11 is 0. The van der Waals surface area contributed by atoms with Gasteiger partial charge in [0, 0.05) is 36.4 Å². The molecule has 0 spiro atoms. The Morgan fingerprint density at radius 1 is 0.185 bits per heavy atom. The van der Waals surface area contributed by atoms with E-state index >= 15 is 0 Å². The van der Waals surface area contributed by atoms with Crippen LogP contribution in [0.5, 0.6) is 69.0 Å². The van der Waals surface area contributed by atoms with Gasteiger partial charge in [0.25, 0.3) is 0 Å². The van der Waals surface area contributed by atoms with Crippen molar-refractivity contribution in [1.29, 1.82) is 0 Å². The predicted octanol–water partition coefficient (Wildman–Crippen LogP) is 17.8. The first-order chi connectivity index (χ1) is 65.5. The lowest BCUT2D eigenvalue weighted by molar-refractivity contribution is -0.137. The van der Waals surface area contributed by atoms with Crippen LogP contribution in [-0.4, -0.2) is 158 Å². The highest BCUT2D eigenvalue weighted by Crippen LogP contribution is 2.44. The van der Waals surface area contributed by atoms with E-state index in [0.29, 0.717) is 223 Å². The van der Waals surface area contributed by atoms with Gasteiger partial charge < -0.3 is 126 Å². The van der Waals surface area contributed by atoms with E-state index in [1.807, 2.05) is 109 Å². The van der Waals surface area contributed by atoms with Gasteiger partial charge in [0.1, 0.15) is 69.0 Å². The molecule has 0 saturated carbocycles. The zero-order chi connectivity index (χ0) is 96.6. The van der Waals surface area contributed by atoms with Gasteiger partial charge in [-0.3, -0.25) is 0 Å². The maximum atomic E-state index is 14.0. The summed E-state index contributed by atoms with van der Waals surface area (Å²) in [7, 11) is 0. The molecule has 135 heavy (non-hydrogen) atoms. The number of nitrogens with two attached hydrogens (primary N) is 12. The molecule has 0 bridgehead atoms. The van der Waals surface area contributed by atoms with E-state index in [4.69, 9.17) is 126 Å². The van der Waals surface area contributed by atoms with Crippen molar-refractivity contribution in [2.75, 3.05) is 158 Å². The fourth-order valence-electron chi connectivity index (χ4n) is 14.1. The minimum atomic E-state index is -4.50. The van der Waals surface area contributed by atoms with Crippen LogP contribution in [0.15, 0.2) is 212 Å². The molecule has 0 unspecified atom stereocenters. The van der Waals surface area contributed by atoms with Gasteiger partial charge in [0.2, 0.25) is 0 Å². The van der Waals surface area contributed by atoms with E-state index in [1.54, 1.807) is 13.0 Å². The molecule has 0 aliphatic heterocycles. The summed E-state index contributed by atoms with van der Waals surface area (Å²) in [4.78, 5) is 0. The summed E-state index contributed by atoms with van der Waals surface area (Å²) < 4.78 is 114. The molecule has 0 saturated heterocycles. The van der Waals surface area contributed by atoms with E-state index in [0.717, 1.165) is 181 Å². The van der Waals surface area contributed by atoms with Crippen LogP contribution >= 0.6 is 0 Å². The Bertz CT molecular complexity index is 4930. The first-order valence-corrected chi connectivity index (χ1v) is 47.1. The van der Waals surface area contributed by atoms with Crippen LogP contribution in [0.25, 0.3) is 89.0 Å². The lowest BCUT2D eigenvalue weighted by Gasteiger charge is -2.19. The predicted molar refractivity (Wildman–Crippen MR) is 541 cm³/mol. The Kier molecular flexibility index (Phi) is 45.9. The van der Waals surface area contributed by atoms with E-state index in [-0.39, 0.29) is 5.41 Å². The van der Waals surface area contributed by atoms with Crippen LogP contribution in [0.4, 0.5) is 13.2 Å². The van der Waals surface area contributed by atoms with Crippen LogP contribution in [-0.2, 0) is 11.6 Å². The molecule has 11 aromatic rings. The average Bonchev–Trinajstić information content (AvgIpc) is 0.778. The molecule has 0 aromatic heterocycles. The average molecular weight is 1860 g/mol. The summed E-state index contributed by atoms with van der Waals surface area (Å²) in [5.41, 5.74) is 83.7. The maximum absolute atomic E-state index is 14.0. The SMILES string of the molecule is CC(C)(C)c1ccc(-c2cc(-c3cc(OCCCN)cc(OCCCN)c3)cc(-c3cc(OCCCN)cc(OCCCN)c3)c2)cc1.Cc1cc(-c2cc(-c3cc(OCCCN)cc(OCCCN)c3)cc(-c3cc(OCCCN)cc(OCCCN)c3)c2)cc(C(F)(F)F)c1.NCCCOc1cc(OCCCN)cc(-c2cccc(-c3cc(OCCCN)cc(OCCCN)c3)c2)c1. The topological polar surface area (TPSA) is 423 Å². The van der Waals surface area contributed by atoms with Crippen molar-refractivity contribution in [3.63, 3.8) is 0 Å². The maximum Gasteiger partial charge on any atom is 0.416 e. The van der Waals surface area contributed by atoms with Gasteiger partial charge >= 0.3 is 6.18 Å². The Balaban J connectivity index is 0.000000229. The van der Waals surface area contributed by atoms with E-state index in [2.05, 4.69) is 106 Å². The largest absolute Gasteiger partial charge is 0.493 e. The van der Waals surface area contributed by atoms with Crippen molar-refractivity contribution >= 4 is 0 Å². The zero-order valence-electron chi connectivity index (χ0n) is 79.1. The van der Waals surface area contributed by atoms with Gasteiger partial charge in [-0.25, -0.2) is 0 Å². The fraction of sp³-hybridized carbons (Fsp3) is 0.389. The summed E-state index contributed by atoms with van der Waals surface area (Å²) in [5.74, 6) is 8.25. The smallest absolute Gasteiger partial charge is 0.416 e. The summed E-state index contributed by atoms with van der Waals surface area (Å²) in [6, 6.07) is 68.8. The lowest BCUT2D eigenvalue weighted by Crippen LogP contribution is -2.10. The molecular weight excluding hydrogens is 1710 g/mol. The minimum absolute atomic E-state index is 0.0564. The van der Waals surface area contributed by atoms with E-state index in [9.17, 15) is 13.2 Å². The second-order valence-corrected chi connectivity index (χ2v) is 33.6. The molecule has 0 fully saturated rings. The van der Waals surface area contributed by atoms with Gasteiger partial charge in [-0.05, 0) is 395 Å². The first kappa shape index (κ1) is 107. The van der Waals surface area contributed by atoms with Crippen LogP contribution in [0.2, 0.25) is 0 Å². The standard InChI is InChI=1S/C40H54N4O4.C38H47F3N4O4.C30H42N4O4/c1-40(2,3)35-10-8-29(9-11-35)30-20-31(33-23-36(45-16-4-12-41)27-37(24-33)46-17-5-13-42)22-32(21-30)34-25-38(47-18-6-14-43)28-39(26-34)48-19-7-15-44;1-26-14-27(19-33(15-26)38(39,40)41)28-16-29(31-20-34(46-10-2-6-42)24-35(21-31)47-11-3-7-43)18-30(17-28)32-22-36(48-12-4-8-44)25-37(23-32)49-13-5-9-45;31-8-2-12-35-27-17-25(18-28(21-27)36-13-3-9-32)23-6-1-7-24(16-23)26-19-29(37-14-4-10-33)22-30(20-26)38-15-5-11-34/h8-11,20-28H,4-7,12-19,41-44H2,1-3H3;14-25H,2-13,42-45H2,1H3;1,6-7,16-22H,2-5,8-15,31-34H2. The second kappa shape index (κ2) is 57.9. The quantitative estimate of drug-likeness (QED) is 0.0158. The van der Waals surface area contributed by atoms with Gasteiger partial charge in [-0.1, -0.05) is 69.3 Å². The summed E-state index contributed by atoms with van der Waals surface area (Å²) in [5, 5.41) is 0. The minimum Gasteiger partial charge on any atom is -0.493 e. The molecule has 24 nitrogen and oxygen atoms in total. The third kappa shape index (κ3) is 36.5. The Labute approximate surface area is 795 Å². The number of aryl methyl sites for hydroxylation is 1. The van der Waals surface area contributed by atoms with Crippen molar-refractivity contribution < 1.29 is 70.0 Å². The monoisotopic (exact) mass is 1860 g/mol. The summed E-state index contributed by atoms with van der Waals surface area (Å²) in [6.07, 6.45) is 4.33. The number of hydrogen-bond donors (Lipinski definition) is 12. The molecule has 24 N–H and O–H groups in total. The lowest BCUT2D eigenvalue weighted by atomic mass is 9.86. The highest BCUT2D eigenvalue weighted by atomic mass is 19.4. The van der Waals surface area contributed by atoms with Gasteiger partial charge in [-0.2, -0.15) is 13.2 Å². The number of benzene rings is 11. The number of hydrogen-bond acceptors (Lipinski definition) is 24. The Morgan fingerprint density at radius 3 is 0.541 bits per heavy atom. The molecule has 27 heteroatoms. The molecule has 0 radical (unpaired) electrons. The van der Waals surface area contributed by atoms with Crippen molar-refractivity contribution in [3.05, 3.63) is 229 Å². The summed E-state index contributed by atoms with van der Waals surface area (Å²) in [6.45, 7) is 20.8. The Hall–Kier alpha value is -11.7. The van der Waals surface area contributed by atoms with Crippen molar-refractivity contribution in [3.8, 4) is 158 Å². The van der Waals surface area contributed by atoms with Gasteiger partial charge in [-0.15, -0.1) is 0 Å². The Morgan fingerprint density at radius 2 is 0.356 bits per heavy atom. The number of alkyl halides is 3. The first-order valence-electron chi connectivity index (χ1n) is 47.1. The van der Waals surface area contributed by atoms with Gasteiger partial charge in [0.05, 0.1) is 84.8 Å². The van der Waals surface area contributed by atoms with Crippen molar-refractivity contribution in [1.82, 2.24) is 0 Å². The molecule has 728 valence electrons. The van der Waals surface area contributed by atoms with Crippen molar-refractivity contribution in [2.45, 2.75) is 116 Å². The van der Waals surface area contributed by atoms with Crippen LogP contribution in [0.1, 0.15) is 115 Å². The number of halogens is 3. The van der Waals surface area contributed by atoms with Gasteiger partial charge in [0.15, 0.2) is 0 Å². The highest BCUT2D eigenvalue weighted by Gasteiger charge is 2.31. The molecule has 11 aromatic carbocycles. The third-order valence-electron chi connectivity index (χ3n) is 21.2. The zero-order valence-corrected chi connectivity index (χ0v) is 79.1. The second-order valence-electron chi connectivity index (χ2n) is 33.6.